The number of hydrogen-bond acceptors (Lipinski definition) is 3. The van der Waals surface area contributed by atoms with Crippen molar-refractivity contribution in [3.8, 4) is 0 Å². The molecule has 0 unspecified atom stereocenters. The van der Waals surface area contributed by atoms with Crippen molar-refractivity contribution < 1.29 is 22.7 Å². The summed E-state index contributed by atoms with van der Waals surface area (Å²) in [5, 5.41) is 8.75. The molecular weight excluding hydrogens is 261 g/mol. The molecule has 0 fully saturated rings. The number of aryl methyl sites for hydroxylation is 1. The number of aliphatic carboxylic acids is 1. The zero-order chi connectivity index (χ0) is 13.9. The molecule has 0 bridgehead atoms. The summed E-state index contributed by atoms with van der Waals surface area (Å²) in [6.07, 6.45) is 0. The Labute approximate surface area is 105 Å². The van der Waals surface area contributed by atoms with Gasteiger partial charge in [-0.15, -0.1) is 0 Å². The summed E-state index contributed by atoms with van der Waals surface area (Å²) < 4.78 is 37.5. The standard InChI is InChI=1S/C11H14FNO4S/c1-3-18(16,17)13(7-11(14)15)9-4-5-10(12)8(2)6-9/h4-6H,3,7H2,1-2H3,(H,14,15). The molecule has 0 aliphatic rings. The minimum absolute atomic E-state index is 0.151. The third-order valence-electron chi connectivity index (χ3n) is 2.41. The van der Waals surface area contributed by atoms with Crippen LogP contribution in [0.15, 0.2) is 18.2 Å². The smallest absolute Gasteiger partial charge is 0.324 e. The summed E-state index contributed by atoms with van der Waals surface area (Å²) in [5.41, 5.74) is 0.410. The van der Waals surface area contributed by atoms with Gasteiger partial charge in [0.2, 0.25) is 10.0 Å². The Hall–Kier alpha value is -1.63. The highest BCUT2D eigenvalue weighted by Crippen LogP contribution is 2.21. The Bertz CT molecular complexity index is 556. The van der Waals surface area contributed by atoms with Crippen molar-refractivity contribution in [1.82, 2.24) is 0 Å². The highest BCUT2D eigenvalue weighted by Gasteiger charge is 2.23. The summed E-state index contributed by atoms with van der Waals surface area (Å²) in [6.45, 7) is 2.22. The van der Waals surface area contributed by atoms with E-state index in [4.69, 9.17) is 5.11 Å². The average Bonchev–Trinajstić information content (AvgIpc) is 2.29. The minimum atomic E-state index is -3.71. The lowest BCUT2D eigenvalue weighted by Gasteiger charge is -2.22. The van der Waals surface area contributed by atoms with Gasteiger partial charge in [-0.1, -0.05) is 0 Å². The number of sulfonamides is 1. The molecule has 0 aliphatic heterocycles. The van der Waals surface area contributed by atoms with E-state index in [2.05, 4.69) is 0 Å². The van der Waals surface area contributed by atoms with Crippen LogP contribution in [0.3, 0.4) is 0 Å². The van der Waals surface area contributed by atoms with Crippen LogP contribution in [0.5, 0.6) is 0 Å². The number of carboxylic acid groups (broad SMARTS) is 1. The Kier molecular flexibility index (Phi) is 4.28. The first-order valence-corrected chi connectivity index (χ1v) is 6.87. The quantitative estimate of drug-likeness (QED) is 0.880. The van der Waals surface area contributed by atoms with Gasteiger partial charge in [0.1, 0.15) is 12.4 Å². The monoisotopic (exact) mass is 275 g/mol. The van der Waals surface area contributed by atoms with Crippen LogP contribution in [-0.4, -0.2) is 31.8 Å². The van der Waals surface area contributed by atoms with Crippen molar-refractivity contribution >= 4 is 21.7 Å². The van der Waals surface area contributed by atoms with Crippen LogP contribution in [0.2, 0.25) is 0 Å². The van der Waals surface area contributed by atoms with Crippen molar-refractivity contribution in [2.75, 3.05) is 16.6 Å². The molecular formula is C11H14FNO4S. The van der Waals surface area contributed by atoms with E-state index in [1.807, 2.05) is 0 Å². The van der Waals surface area contributed by atoms with Gasteiger partial charge in [-0.25, -0.2) is 12.8 Å². The van der Waals surface area contributed by atoms with E-state index in [0.717, 1.165) is 10.4 Å². The molecule has 0 atom stereocenters. The first-order chi connectivity index (χ1) is 8.27. The number of carboxylic acids is 1. The summed E-state index contributed by atoms with van der Waals surface area (Å²) in [7, 11) is -3.71. The molecule has 7 heteroatoms. The predicted molar refractivity (Wildman–Crippen MR) is 65.6 cm³/mol. The molecule has 0 amide bonds. The van der Waals surface area contributed by atoms with Crippen molar-refractivity contribution in [1.29, 1.82) is 0 Å². The average molecular weight is 275 g/mol. The third-order valence-corrected chi connectivity index (χ3v) is 4.15. The molecule has 0 radical (unpaired) electrons. The first kappa shape index (κ1) is 14.4. The number of anilines is 1. The Morgan fingerprint density at radius 1 is 1.44 bits per heavy atom. The molecule has 18 heavy (non-hydrogen) atoms. The second-order valence-corrected chi connectivity index (χ2v) is 5.92. The van der Waals surface area contributed by atoms with E-state index in [-0.39, 0.29) is 17.0 Å². The van der Waals surface area contributed by atoms with Gasteiger partial charge in [0.25, 0.3) is 0 Å². The lowest BCUT2D eigenvalue weighted by atomic mass is 10.2. The lowest BCUT2D eigenvalue weighted by molar-refractivity contribution is -0.135. The molecule has 0 saturated heterocycles. The molecule has 0 aromatic heterocycles. The zero-order valence-corrected chi connectivity index (χ0v) is 10.9. The number of rotatable bonds is 5. The number of nitrogens with zero attached hydrogens (tertiary/aromatic N) is 1. The molecule has 0 saturated carbocycles. The first-order valence-electron chi connectivity index (χ1n) is 5.26. The summed E-state index contributed by atoms with van der Waals surface area (Å²) >= 11 is 0. The van der Waals surface area contributed by atoms with Crippen molar-refractivity contribution in [3.05, 3.63) is 29.6 Å². The second kappa shape index (κ2) is 5.34. The Morgan fingerprint density at radius 2 is 2.06 bits per heavy atom. The van der Waals surface area contributed by atoms with Crippen LogP contribution >= 0.6 is 0 Å². The normalized spacial score (nSPS) is 11.3. The fraction of sp³-hybridized carbons (Fsp3) is 0.364. The molecule has 1 aromatic rings. The SMILES string of the molecule is CCS(=O)(=O)N(CC(=O)O)c1ccc(F)c(C)c1. The van der Waals surface area contributed by atoms with E-state index in [0.29, 0.717) is 0 Å². The summed E-state index contributed by atoms with van der Waals surface area (Å²) in [4.78, 5) is 10.7. The number of halogens is 1. The van der Waals surface area contributed by atoms with Crippen molar-refractivity contribution in [2.45, 2.75) is 13.8 Å². The van der Waals surface area contributed by atoms with Gasteiger partial charge in [0.15, 0.2) is 0 Å². The van der Waals surface area contributed by atoms with Gasteiger partial charge < -0.3 is 5.11 Å². The van der Waals surface area contributed by atoms with E-state index >= 15 is 0 Å². The highest BCUT2D eigenvalue weighted by atomic mass is 32.2. The summed E-state index contributed by atoms with van der Waals surface area (Å²) in [6, 6.07) is 3.68. The molecule has 1 aromatic carbocycles. The zero-order valence-electron chi connectivity index (χ0n) is 10.1. The second-order valence-electron chi connectivity index (χ2n) is 3.73. The van der Waals surface area contributed by atoms with Crippen LogP contribution in [0, 0.1) is 12.7 Å². The molecule has 0 spiro atoms. The minimum Gasteiger partial charge on any atom is -0.480 e. The third kappa shape index (κ3) is 3.19. The number of hydrogen-bond donors (Lipinski definition) is 1. The highest BCUT2D eigenvalue weighted by molar-refractivity contribution is 7.92. The van der Waals surface area contributed by atoms with Crippen molar-refractivity contribution in [2.24, 2.45) is 0 Å². The topological polar surface area (TPSA) is 74.7 Å². The van der Waals surface area contributed by atoms with Gasteiger partial charge in [-0.3, -0.25) is 9.10 Å². The lowest BCUT2D eigenvalue weighted by Crippen LogP contribution is -2.36. The fourth-order valence-corrected chi connectivity index (χ4v) is 2.47. The Morgan fingerprint density at radius 3 is 2.50 bits per heavy atom. The van der Waals surface area contributed by atoms with Crippen LogP contribution in [-0.2, 0) is 14.8 Å². The van der Waals surface area contributed by atoms with Crippen LogP contribution < -0.4 is 4.31 Å². The maximum atomic E-state index is 13.1. The predicted octanol–water partition coefficient (Wildman–Crippen LogP) is 1.37. The maximum absolute atomic E-state index is 13.1. The van der Waals surface area contributed by atoms with Crippen LogP contribution in [0.1, 0.15) is 12.5 Å². The van der Waals surface area contributed by atoms with Gasteiger partial charge in [0.05, 0.1) is 11.4 Å². The molecule has 1 rings (SSSR count). The Balaban J connectivity index is 3.26. The van der Waals surface area contributed by atoms with Gasteiger partial charge in [0, 0.05) is 0 Å². The van der Waals surface area contributed by atoms with E-state index < -0.39 is 28.4 Å². The summed E-state index contributed by atoms with van der Waals surface area (Å²) in [5.74, 6) is -1.96. The van der Waals surface area contributed by atoms with Gasteiger partial charge in [-0.05, 0) is 37.6 Å². The van der Waals surface area contributed by atoms with Crippen LogP contribution in [0.4, 0.5) is 10.1 Å². The van der Waals surface area contributed by atoms with Crippen molar-refractivity contribution in [3.63, 3.8) is 0 Å². The molecule has 100 valence electrons. The van der Waals surface area contributed by atoms with E-state index in [9.17, 15) is 17.6 Å². The molecule has 0 aliphatic carbocycles. The van der Waals surface area contributed by atoms with E-state index in [1.54, 1.807) is 0 Å². The van der Waals surface area contributed by atoms with Gasteiger partial charge >= 0.3 is 5.97 Å². The van der Waals surface area contributed by atoms with Gasteiger partial charge in [-0.2, -0.15) is 0 Å². The molecule has 1 N–H and O–H groups in total. The number of carbonyl (C=O) groups is 1. The van der Waals surface area contributed by atoms with Crippen LogP contribution in [0.25, 0.3) is 0 Å². The molecule has 5 nitrogen and oxygen atoms in total. The fourth-order valence-electron chi connectivity index (χ4n) is 1.41. The number of benzene rings is 1. The largest absolute Gasteiger partial charge is 0.480 e. The molecule has 0 heterocycles. The maximum Gasteiger partial charge on any atom is 0.324 e. The van der Waals surface area contributed by atoms with E-state index in [1.165, 1.54) is 26.0 Å².